The highest BCUT2D eigenvalue weighted by atomic mass is 35.5. The number of aromatic nitrogens is 1. The molecule has 0 aliphatic carbocycles. The Morgan fingerprint density at radius 1 is 1.27 bits per heavy atom. The van der Waals surface area contributed by atoms with Crippen LogP contribution < -0.4 is 0 Å². The first-order valence-electron chi connectivity index (χ1n) is 7.49. The maximum atomic E-state index is 12.8. The normalized spacial score (nSPS) is 11.0. The maximum Gasteiger partial charge on any atom is 0.211 e. The van der Waals surface area contributed by atoms with E-state index >= 15 is 0 Å². The molecule has 118 valence electrons. The summed E-state index contributed by atoms with van der Waals surface area (Å²) in [7, 11) is 1.92. The van der Waals surface area contributed by atoms with Crippen molar-refractivity contribution in [3.8, 4) is 0 Å². The van der Waals surface area contributed by atoms with Crippen molar-refractivity contribution in [2.75, 3.05) is 13.2 Å². The van der Waals surface area contributed by atoms with Crippen LogP contribution in [0.4, 0.5) is 0 Å². The number of hydrogen-bond donors (Lipinski definition) is 0. The number of carbonyl (C=O) groups is 1. The lowest BCUT2D eigenvalue weighted by atomic mass is 10.0. The summed E-state index contributed by atoms with van der Waals surface area (Å²) in [6.07, 6.45) is 0.792. The van der Waals surface area contributed by atoms with E-state index in [0.29, 0.717) is 29.5 Å². The van der Waals surface area contributed by atoms with Crippen LogP contribution in [0.3, 0.4) is 0 Å². The number of rotatable bonds is 6. The average molecular weight is 320 g/mol. The molecule has 0 unspecified atom stereocenters. The second-order valence-electron chi connectivity index (χ2n) is 5.49. The SMILES string of the molecule is CCOCCc1cc(C)c(C(=O)c2ccc(C)cc2Cl)n1C. The van der Waals surface area contributed by atoms with Crippen molar-refractivity contribution in [3.05, 3.63) is 57.4 Å². The first kappa shape index (κ1) is 16.8. The lowest BCUT2D eigenvalue weighted by molar-refractivity contribution is 0.103. The van der Waals surface area contributed by atoms with E-state index in [0.717, 1.165) is 23.2 Å². The molecule has 0 aliphatic rings. The Labute approximate surface area is 136 Å². The van der Waals surface area contributed by atoms with E-state index in [1.807, 2.05) is 50.6 Å². The Bertz CT molecular complexity index is 689. The Balaban J connectivity index is 2.33. The predicted octanol–water partition coefficient (Wildman–Crippen LogP) is 4.11. The zero-order valence-electron chi connectivity index (χ0n) is 13.6. The van der Waals surface area contributed by atoms with Crippen LogP contribution in [-0.4, -0.2) is 23.6 Å². The van der Waals surface area contributed by atoms with Crippen LogP contribution in [0.1, 0.15) is 39.8 Å². The van der Waals surface area contributed by atoms with E-state index in [1.54, 1.807) is 6.07 Å². The van der Waals surface area contributed by atoms with Crippen molar-refractivity contribution >= 4 is 17.4 Å². The first-order valence-corrected chi connectivity index (χ1v) is 7.87. The fourth-order valence-electron chi connectivity index (χ4n) is 2.65. The van der Waals surface area contributed by atoms with Crippen LogP contribution >= 0.6 is 11.6 Å². The van der Waals surface area contributed by atoms with Crippen LogP contribution in [-0.2, 0) is 18.2 Å². The summed E-state index contributed by atoms with van der Waals surface area (Å²) in [5, 5.41) is 0.501. The molecule has 0 atom stereocenters. The summed E-state index contributed by atoms with van der Waals surface area (Å²) in [4.78, 5) is 12.8. The van der Waals surface area contributed by atoms with Gasteiger partial charge >= 0.3 is 0 Å². The minimum Gasteiger partial charge on any atom is -0.381 e. The Morgan fingerprint density at radius 3 is 2.64 bits per heavy atom. The van der Waals surface area contributed by atoms with E-state index in [1.165, 1.54) is 0 Å². The smallest absolute Gasteiger partial charge is 0.211 e. The van der Waals surface area contributed by atoms with Gasteiger partial charge in [0.15, 0.2) is 0 Å². The van der Waals surface area contributed by atoms with Gasteiger partial charge in [0, 0.05) is 31.3 Å². The molecule has 0 spiro atoms. The van der Waals surface area contributed by atoms with Crippen LogP contribution in [0, 0.1) is 13.8 Å². The van der Waals surface area contributed by atoms with Gasteiger partial charge in [-0.25, -0.2) is 0 Å². The number of nitrogens with zero attached hydrogens (tertiary/aromatic N) is 1. The number of halogens is 1. The monoisotopic (exact) mass is 319 g/mol. The molecule has 0 amide bonds. The number of ketones is 1. The predicted molar refractivity (Wildman–Crippen MR) is 90.0 cm³/mol. The third-order valence-electron chi connectivity index (χ3n) is 3.81. The van der Waals surface area contributed by atoms with Crippen molar-refractivity contribution in [3.63, 3.8) is 0 Å². The molecule has 0 saturated heterocycles. The van der Waals surface area contributed by atoms with E-state index < -0.39 is 0 Å². The molecule has 1 heterocycles. The molecule has 0 bridgehead atoms. The molecule has 0 saturated carbocycles. The number of carbonyl (C=O) groups excluding carboxylic acids is 1. The average Bonchev–Trinajstić information content (AvgIpc) is 2.73. The van der Waals surface area contributed by atoms with Gasteiger partial charge < -0.3 is 9.30 Å². The number of ether oxygens (including phenoxy) is 1. The lowest BCUT2D eigenvalue weighted by Crippen LogP contribution is -2.12. The molecule has 0 radical (unpaired) electrons. The van der Waals surface area contributed by atoms with Gasteiger partial charge in [0.05, 0.1) is 17.3 Å². The Kier molecular flexibility index (Phi) is 5.43. The third-order valence-corrected chi connectivity index (χ3v) is 4.13. The molecule has 0 aliphatic heterocycles. The zero-order chi connectivity index (χ0) is 16.3. The van der Waals surface area contributed by atoms with Crippen LogP contribution in [0.15, 0.2) is 24.3 Å². The summed E-state index contributed by atoms with van der Waals surface area (Å²) in [5.41, 5.74) is 4.35. The van der Waals surface area contributed by atoms with E-state index in [2.05, 4.69) is 0 Å². The Hall–Kier alpha value is -1.58. The molecule has 1 aromatic heterocycles. The lowest BCUT2D eigenvalue weighted by Gasteiger charge is -2.09. The summed E-state index contributed by atoms with van der Waals surface area (Å²) >= 11 is 6.24. The highest BCUT2D eigenvalue weighted by molar-refractivity contribution is 6.35. The standard InChI is InChI=1S/C18H22ClNO2/c1-5-22-9-8-14-11-13(3)17(20(14)4)18(21)15-7-6-12(2)10-16(15)19/h6-7,10-11H,5,8-9H2,1-4H3. The fourth-order valence-corrected chi connectivity index (χ4v) is 2.97. The molecule has 2 rings (SSSR count). The van der Waals surface area contributed by atoms with Crippen LogP contribution in [0.25, 0.3) is 0 Å². The Morgan fingerprint density at radius 2 is 2.00 bits per heavy atom. The third kappa shape index (κ3) is 3.42. The summed E-state index contributed by atoms with van der Waals surface area (Å²) in [5.74, 6) is -0.0346. The first-order chi connectivity index (χ1) is 10.5. The zero-order valence-corrected chi connectivity index (χ0v) is 14.3. The van der Waals surface area contributed by atoms with Gasteiger partial charge in [0.1, 0.15) is 0 Å². The van der Waals surface area contributed by atoms with Gasteiger partial charge in [0.25, 0.3) is 0 Å². The van der Waals surface area contributed by atoms with E-state index in [4.69, 9.17) is 16.3 Å². The van der Waals surface area contributed by atoms with Crippen LogP contribution in [0.5, 0.6) is 0 Å². The molecular formula is C18H22ClNO2. The summed E-state index contributed by atoms with van der Waals surface area (Å²) < 4.78 is 7.35. The van der Waals surface area contributed by atoms with Gasteiger partial charge in [-0.05, 0) is 50.1 Å². The van der Waals surface area contributed by atoms with E-state index in [-0.39, 0.29) is 5.78 Å². The van der Waals surface area contributed by atoms with Gasteiger partial charge in [-0.3, -0.25) is 4.79 Å². The van der Waals surface area contributed by atoms with Gasteiger partial charge in [-0.1, -0.05) is 17.7 Å². The molecule has 0 N–H and O–H groups in total. The number of hydrogen-bond acceptors (Lipinski definition) is 2. The van der Waals surface area contributed by atoms with Crippen molar-refractivity contribution in [2.24, 2.45) is 7.05 Å². The molecule has 4 heteroatoms. The highest BCUT2D eigenvalue weighted by Crippen LogP contribution is 2.24. The van der Waals surface area contributed by atoms with Gasteiger partial charge in [0.2, 0.25) is 5.78 Å². The quantitative estimate of drug-likeness (QED) is 0.593. The fraction of sp³-hybridized carbons (Fsp3) is 0.389. The van der Waals surface area contributed by atoms with Crippen LogP contribution in [0.2, 0.25) is 5.02 Å². The second kappa shape index (κ2) is 7.12. The van der Waals surface area contributed by atoms with Crippen molar-refractivity contribution in [1.29, 1.82) is 0 Å². The molecule has 22 heavy (non-hydrogen) atoms. The second-order valence-corrected chi connectivity index (χ2v) is 5.89. The molecular weight excluding hydrogens is 298 g/mol. The van der Waals surface area contributed by atoms with Crippen molar-refractivity contribution < 1.29 is 9.53 Å². The maximum absolute atomic E-state index is 12.8. The number of aryl methyl sites for hydroxylation is 2. The largest absolute Gasteiger partial charge is 0.381 e. The molecule has 3 nitrogen and oxygen atoms in total. The van der Waals surface area contributed by atoms with Gasteiger partial charge in [-0.2, -0.15) is 0 Å². The molecule has 1 aromatic carbocycles. The summed E-state index contributed by atoms with van der Waals surface area (Å²) in [6.45, 7) is 7.25. The number of benzene rings is 1. The van der Waals surface area contributed by atoms with Gasteiger partial charge in [-0.15, -0.1) is 0 Å². The molecule has 0 fully saturated rings. The van der Waals surface area contributed by atoms with Crippen molar-refractivity contribution in [1.82, 2.24) is 4.57 Å². The minimum atomic E-state index is -0.0346. The highest BCUT2D eigenvalue weighted by Gasteiger charge is 2.20. The molecule has 2 aromatic rings. The van der Waals surface area contributed by atoms with E-state index in [9.17, 15) is 4.79 Å². The topological polar surface area (TPSA) is 31.2 Å². The minimum absolute atomic E-state index is 0.0346. The summed E-state index contributed by atoms with van der Waals surface area (Å²) in [6, 6.07) is 7.58. The van der Waals surface area contributed by atoms with Crippen molar-refractivity contribution in [2.45, 2.75) is 27.2 Å².